The average Bonchev–Trinajstić information content (AvgIpc) is 2.57. The van der Waals surface area contributed by atoms with Gasteiger partial charge < -0.3 is 18.6 Å². The number of ether oxygens (including phenoxy) is 2. The molecule has 1 aliphatic rings. The molecule has 1 aliphatic heterocycles. The molecule has 0 aromatic carbocycles. The molecule has 0 fully saturated rings. The number of halogens is 3. The summed E-state index contributed by atoms with van der Waals surface area (Å²) >= 11 is 0. The van der Waals surface area contributed by atoms with Gasteiger partial charge in [-0.3, -0.25) is 0 Å². The topological polar surface area (TPSA) is 125 Å². The Hall–Kier alpha value is -2.64. The van der Waals surface area contributed by atoms with Gasteiger partial charge in [-0.25, -0.2) is 14.6 Å². The van der Waals surface area contributed by atoms with E-state index in [-0.39, 0.29) is 30.8 Å². The molecule has 0 saturated heterocycles. The van der Waals surface area contributed by atoms with E-state index in [1.807, 2.05) is 0 Å². The number of hydrogen-bond donors (Lipinski definition) is 0. The highest BCUT2D eigenvalue weighted by molar-refractivity contribution is 7.87. The number of esters is 1. The van der Waals surface area contributed by atoms with Gasteiger partial charge in [-0.05, 0) is 27.2 Å². The molecule has 1 aromatic heterocycles. The van der Waals surface area contributed by atoms with Crippen LogP contribution in [0.3, 0.4) is 0 Å². The van der Waals surface area contributed by atoms with Crippen LogP contribution in [0, 0.1) is 0 Å². The standard InChI is InChI=1S/C15H18F3N3O7S/c1-14(2,3)27-13(23)21-6-5-8-9(7-21)19-10(12(22)26-4)20-11(8)28-29(24,25)15(16,17)18/h5-7H2,1-4H3. The summed E-state index contributed by atoms with van der Waals surface area (Å²) in [5.74, 6) is -2.79. The van der Waals surface area contributed by atoms with Crippen molar-refractivity contribution in [3.8, 4) is 5.88 Å². The molecule has 2 heterocycles. The van der Waals surface area contributed by atoms with Crippen LogP contribution in [0.2, 0.25) is 0 Å². The first-order chi connectivity index (χ1) is 13.1. The van der Waals surface area contributed by atoms with Gasteiger partial charge in [-0.1, -0.05) is 0 Å². The number of aromatic nitrogens is 2. The van der Waals surface area contributed by atoms with Crippen LogP contribution < -0.4 is 4.18 Å². The van der Waals surface area contributed by atoms with E-state index < -0.39 is 45.0 Å². The Labute approximate surface area is 164 Å². The van der Waals surface area contributed by atoms with Gasteiger partial charge in [-0.15, -0.1) is 0 Å². The summed E-state index contributed by atoms with van der Waals surface area (Å²) in [6.45, 7) is 4.65. The Morgan fingerprint density at radius 2 is 1.76 bits per heavy atom. The number of hydrogen-bond acceptors (Lipinski definition) is 9. The summed E-state index contributed by atoms with van der Waals surface area (Å²) in [7, 11) is -5.06. The van der Waals surface area contributed by atoms with Crippen LogP contribution in [-0.2, 0) is 32.6 Å². The molecule has 1 aromatic rings. The van der Waals surface area contributed by atoms with Crippen molar-refractivity contribution >= 4 is 22.2 Å². The predicted octanol–water partition coefficient (Wildman–Crippen LogP) is 1.78. The lowest BCUT2D eigenvalue weighted by atomic mass is 10.1. The molecule has 0 bridgehead atoms. The quantitative estimate of drug-likeness (QED) is 0.392. The average molecular weight is 441 g/mol. The zero-order valence-corrected chi connectivity index (χ0v) is 16.7. The molecule has 2 rings (SSSR count). The molecule has 0 unspecified atom stereocenters. The van der Waals surface area contributed by atoms with E-state index in [9.17, 15) is 31.2 Å². The third-order valence-electron chi connectivity index (χ3n) is 3.52. The molecular formula is C15H18F3N3O7S. The molecule has 14 heteroatoms. The molecule has 10 nitrogen and oxygen atoms in total. The van der Waals surface area contributed by atoms with Gasteiger partial charge in [0.1, 0.15) is 5.60 Å². The van der Waals surface area contributed by atoms with Crippen LogP contribution in [0.15, 0.2) is 0 Å². The number of alkyl halides is 3. The van der Waals surface area contributed by atoms with Crippen molar-refractivity contribution in [3.63, 3.8) is 0 Å². The first kappa shape index (κ1) is 22.6. The third-order valence-corrected chi connectivity index (χ3v) is 4.46. The molecule has 0 radical (unpaired) electrons. The van der Waals surface area contributed by atoms with Crippen LogP contribution in [0.4, 0.5) is 18.0 Å². The van der Waals surface area contributed by atoms with Gasteiger partial charge >= 0.3 is 27.7 Å². The van der Waals surface area contributed by atoms with Crippen LogP contribution in [0.1, 0.15) is 42.6 Å². The highest BCUT2D eigenvalue weighted by Crippen LogP contribution is 2.31. The number of carbonyl (C=O) groups excluding carboxylic acids is 2. The minimum atomic E-state index is -6.03. The summed E-state index contributed by atoms with van der Waals surface area (Å²) in [5, 5.41) is 0. The van der Waals surface area contributed by atoms with Crippen LogP contribution in [-0.4, -0.2) is 60.1 Å². The number of fused-ring (bicyclic) bond motifs is 1. The van der Waals surface area contributed by atoms with Crippen LogP contribution in [0.25, 0.3) is 0 Å². The fourth-order valence-electron chi connectivity index (χ4n) is 2.28. The maximum Gasteiger partial charge on any atom is 0.534 e. The lowest BCUT2D eigenvalue weighted by Gasteiger charge is -2.31. The fourth-order valence-corrected chi connectivity index (χ4v) is 2.72. The zero-order chi connectivity index (χ0) is 22.2. The summed E-state index contributed by atoms with van der Waals surface area (Å²) < 4.78 is 74.6. The molecule has 1 amide bonds. The number of carbonyl (C=O) groups is 2. The summed E-state index contributed by atoms with van der Waals surface area (Å²) in [6.07, 6.45) is -0.842. The van der Waals surface area contributed by atoms with Crippen LogP contribution in [0.5, 0.6) is 5.88 Å². The minimum Gasteiger partial charge on any atom is -0.463 e. The number of amides is 1. The number of rotatable bonds is 3. The van der Waals surface area contributed by atoms with Crippen molar-refractivity contribution in [3.05, 3.63) is 17.1 Å². The number of nitrogens with zero attached hydrogens (tertiary/aromatic N) is 3. The van der Waals surface area contributed by atoms with Crippen molar-refractivity contribution < 1.29 is 44.8 Å². The van der Waals surface area contributed by atoms with Gasteiger partial charge in [0.05, 0.1) is 19.3 Å². The van der Waals surface area contributed by atoms with Crippen LogP contribution >= 0.6 is 0 Å². The first-order valence-electron chi connectivity index (χ1n) is 8.11. The molecule has 0 saturated carbocycles. The Morgan fingerprint density at radius 1 is 1.14 bits per heavy atom. The molecule has 0 N–H and O–H groups in total. The highest BCUT2D eigenvalue weighted by Gasteiger charge is 2.49. The Kier molecular flexibility index (Phi) is 5.97. The van der Waals surface area contributed by atoms with Gasteiger partial charge in [0.2, 0.25) is 11.7 Å². The normalized spacial score (nSPS) is 14.8. The van der Waals surface area contributed by atoms with Crippen molar-refractivity contribution in [2.45, 2.75) is 44.8 Å². The lowest BCUT2D eigenvalue weighted by molar-refractivity contribution is -0.0501. The first-order valence-corrected chi connectivity index (χ1v) is 9.52. The van der Waals surface area contributed by atoms with Gasteiger partial charge in [0, 0.05) is 12.1 Å². The highest BCUT2D eigenvalue weighted by atomic mass is 32.2. The van der Waals surface area contributed by atoms with Crippen molar-refractivity contribution in [2.24, 2.45) is 0 Å². The Balaban J connectivity index is 2.45. The maximum atomic E-state index is 12.7. The second kappa shape index (κ2) is 7.65. The Morgan fingerprint density at radius 3 is 2.28 bits per heavy atom. The van der Waals surface area contributed by atoms with Crippen molar-refractivity contribution in [1.82, 2.24) is 14.9 Å². The maximum absolute atomic E-state index is 12.7. The molecular weight excluding hydrogens is 423 g/mol. The molecule has 0 spiro atoms. The largest absolute Gasteiger partial charge is 0.534 e. The third kappa shape index (κ3) is 5.25. The second-order valence-electron chi connectivity index (χ2n) is 6.90. The summed E-state index contributed by atoms with van der Waals surface area (Å²) in [6, 6.07) is 0. The van der Waals surface area contributed by atoms with Crippen molar-refractivity contribution in [1.29, 1.82) is 0 Å². The van der Waals surface area contributed by atoms with Gasteiger partial charge in [-0.2, -0.15) is 26.6 Å². The molecule has 0 aliphatic carbocycles. The van der Waals surface area contributed by atoms with E-state index in [1.165, 1.54) is 4.90 Å². The fraction of sp³-hybridized carbons (Fsp3) is 0.600. The van der Waals surface area contributed by atoms with E-state index in [2.05, 4.69) is 18.9 Å². The monoisotopic (exact) mass is 441 g/mol. The van der Waals surface area contributed by atoms with Gasteiger partial charge in [0.25, 0.3) is 0 Å². The smallest absolute Gasteiger partial charge is 0.463 e. The van der Waals surface area contributed by atoms with E-state index in [4.69, 9.17) is 4.74 Å². The van der Waals surface area contributed by atoms with Gasteiger partial charge in [0.15, 0.2) is 0 Å². The zero-order valence-electron chi connectivity index (χ0n) is 15.9. The molecule has 29 heavy (non-hydrogen) atoms. The second-order valence-corrected chi connectivity index (χ2v) is 8.44. The molecule has 162 valence electrons. The lowest BCUT2D eigenvalue weighted by Crippen LogP contribution is -2.41. The SMILES string of the molecule is COC(=O)c1nc2c(c(OS(=O)(=O)C(F)(F)F)n1)CCN(C(=O)OC(C)(C)C)C2. The van der Waals surface area contributed by atoms with E-state index >= 15 is 0 Å². The summed E-state index contributed by atoms with van der Waals surface area (Å²) in [4.78, 5) is 32.5. The number of methoxy groups -OCH3 is 1. The van der Waals surface area contributed by atoms with E-state index in [0.29, 0.717) is 0 Å². The molecule has 0 atom stereocenters. The van der Waals surface area contributed by atoms with E-state index in [0.717, 1.165) is 7.11 Å². The summed E-state index contributed by atoms with van der Waals surface area (Å²) in [5.41, 5.74) is -6.64. The van der Waals surface area contributed by atoms with Crippen molar-refractivity contribution in [2.75, 3.05) is 13.7 Å². The van der Waals surface area contributed by atoms with E-state index in [1.54, 1.807) is 20.8 Å². The minimum absolute atomic E-state index is 0.0225. The predicted molar refractivity (Wildman–Crippen MR) is 89.3 cm³/mol. The Bertz CT molecular complexity index is 926.